The van der Waals surface area contributed by atoms with E-state index in [0.717, 1.165) is 98.5 Å². The number of unbranched alkanes of at least 4 members (excludes halogenated alkanes) is 2. The number of hydrogen-bond donors (Lipinski definition) is 0. The van der Waals surface area contributed by atoms with Crippen molar-refractivity contribution < 1.29 is 28.7 Å². The largest absolute Gasteiger partial charge is 0.443 e. The Morgan fingerprint density at radius 1 is 0.754 bits per heavy atom. The lowest BCUT2D eigenvalue weighted by molar-refractivity contribution is -0.159. The minimum Gasteiger partial charge on any atom is -0.443 e. The van der Waals surface area contributed by atoms with E-state index >= 15 is 0 Å². The molecule has 5 heterocycles. The first kappa shape index (κ1) is 51.8. The van der Waals surface area contributed by atoms with Gasteiger partial charge in [-0.1, -0.05) is 63.8 Å². The molecule has 0 aliphatic carbocycles. The van der Waals surface area contributed by atoms with Gasteiger partial charge in [-0.2, -0.15) is 5.10 Å². The van der Waals surface area contributed by atoms with E-state index in [4.69, 9.17) is 9.47 Å². The highest BCUT2D eigenvalue weighted by Gasteiger charge is 2.35. The van der Waals surface area contributed by atoms with Gasteiger partial charge < -0.3 is 24.2 Å². The molecule has 14 heteroatoms. The molecule has 1 atom stereocenters. The molecular weight excluding hydrogens is 871 g/mol. The number of rotatable bonds is 19. The summed E-state index contributed by atoms with van der Waals surface area (Å²) < 4.78 is 14.9. The summed E-state index contributed by atoms with van der Waals surface area (Å²) in [5.74, 6) is -1.26. The van der Waals surface area contributed by atoms with E-state index in [1.165, 1.54) is 0 Å². The van der Waals surface area contributed by atoms with Gasteiger partial charge in [0, 0.05) is 62.7 Å². The van der Waals surface area contributed by atoms with Crippen molar-refractivity contribution in [2.24, 2.45) is 16.7 Å². The third-order valence-corrected chi connectivity index (χ3v) is 15.4. The van der Waals surface area contributed by atoms with Crippen LogP contribution in [-0.2, 0) is 48.5 Å². The third-order valence-electron chi connectivity index (χ3n) is 15.4. The molecule has 0 bridgehead atoms. The maximum absolute atomic E-state index is 14.7. The number of likely N-dealkylation sites (tertiary alicyclic amines) is 2. The molecule has 3 aliphatic heterocycles. The van der Waals surface area contributed by atoms with Crippen molar-refractivity contribution in [1.29, 1.82) is 0 Å². The van der Waals surface area contributed by atoms with Crippen LogP contribution in [0.5, 0.6) is 0 Å². The van der Waals surface area contributed by atoms with E-state index in [1.54, 1.807) is 15.4 Å². The molecule has 0 N–H and O–H groups in total. The topological polar surface area (TPSA) is 140 Å². The van der Waals surface area contributed by atoms with Crippen LogP contribution in [0.3, 0.4) is 0 Å². The van der Waals surface area contributed by atoms with Gasteiger partial charge in [-0.05, 0) is 140 Å². The van der Waals surface area contributed by atoms with Gasteiger partial charge in [-0.15, -0.1) is 0 Å². The summed E-state index contributed by atoms with van der Waals surface area (Å²) in [6.45, 7) is 19.7. The molecule has 0 spiro atoms. The second kappa shape index (κ2) is 22.8. The van der Waals surface area contributed by atoms with E-state index in [0.29, 0.717) is 69.0 Å². The van der Waals surface area contributed by atoms with Crippen molar-refractivity contribution in [1.82, 2.24) is 33.9 Å². The maximum Gasteiger partial charge on any atom is 0.313 e. The summed E-state index contributed by atoms with van der Waals surface area (Å²) in [5.41, 5.74) is 2.74. The number of hydrogen-bond acceptors (Lipinski definition) is 10. The average Bonchev–Trinajstić information content (AvgIpc) is 3.77. The molecule has 376 valence electrons. The smallest absolute Gasteiger partial charge is 0.313 e. The summed E-state index contributed by atoms with van der Waals surface area (Å²) in [6, 6.07) is 14.3. The highest BCUT2D eigenvalue weighted by Crippen LogP contribution is 2.32. The Bertz CT molecular complexity index is 2490. The van der Waals surface area contributed by atoms with E-state index in [-0.39, 0.29) is 55.1 Å². The molecule has 2 aromatic carbocycles. The molecular formula is C55H79N7O7. The highest BCUT2D eigenvalue weighted by molar-refractivity contribution is 5.87. The Morgan fingerprint density at radius 2 is 1.38 bits per heavy atom. The standard InChI is InChI=1S/C55H79N7O7/c1-9-11-21-54(4,5)52(66)68-37-61-47-16-14-13-15-42(47)34-46(51(61)65)41-17-25-59(26-18-41)48(63)35-43(50(64)60-29-27-58(28-30-60)45-19-23-57(8)24-20-45)32-40-31-39(3)49-44(33-40)36-56-62(49)38-69-53(67)55(6,7)22-12-10-2/h13-16,31,33-34,36,41,43,45H,9-12,17-30,32,35,37-38H2,1-8H3/t43-/m0/s1. The quantitative estimate of drug-likeness (QED) is 0.0844. The number of aromatic nitrogens is 3. The zero-order valence-electron chi connectivity index (χ0n) is 42.9. The number of carbonyl (C=O) groups is 4. The van der Waals surface area contributed by atoms with Crippen LogP contribution in [-0.4, -0.2) is 123 Å². The minimum atomic E-state index is -0.655. The van der Waals surface area contributed by atoms with Crippen LogP contribution in [0.4, 0.5) is 0 Å². The number of nitrogens with zero attached hydrogens (tertiary/aromatic N) is 7. The Balaban J connectivity index is 1.05. The van der Waals surface area contributed by atoms with Gasteiger partial charge in [-0.25, -0.2) is 4.68 Å². The van der Waals surface area contributed by atoms with Crippen LogP contribution in [0.1, 0.15) is 135 Å². The first-order chi connectivity index (χ1) is 33.0. The molecule has 7 rings (SSSR count). The van der Waals surface area contributed by atoms with Gasteiger partial charge in [0.2, 0.25) is 11.8 Å². The number of para-hydroxylation sites is 1. The number of aryl methyl sites for hydroxylation is 1. The van der Waals surface area contributed by atoms with E-state index < -0.39 is 16.7 Å². The average molecular weight is 950 g/mol. The number of esters is 2. The SMILES string of the molecule is CCCCC(C)(C)C(=O)OCn1ncc2cc(C[C@@H](CC(=O)N3CCC(c4cc5ccccc5n(COC(=O)C(C)(C)CCCC)c4=O)CC3)C(=O)N3CCN(C4CCN(C)CC4)CC3)cc(C)c21. The molecule has 3 fully saturated rings. The predicted molar refractivity (Wildman–Crippen MR) is 271 cm³/mol. The Labute approximate surface area is 409 Å². The number of benzene rings is 2. The summed E-state index contributed by atoms with van der Waals surface area (Å²) in [7, 11) is 2.18. The number of pyridine rings is 1. The van der Waals surface area contributed by atoms with Gasteiger partial charge in [0.05, 0.1) is 34.0 Å². The van der Waals surface area contributed by atoms with E-state index in [2.05, 4.69) is 47.9 Å². The van der Waals surface area contributed by atoms with E-state index in [9.17, 15) is 24.0 Å². The molecule has 69 heavy (non-hydrogen) atoms. The van der Waals surface area contributed by atoms with Gasteiger partial charge in [0.25, 0.3) is 5.56 Å². The van der Waals surface area contributed by atoms with Crippen LogP contribution < -0.4 is 5.56 Å². The number of amides is 2. The fourth-order valence-electron chi connectivity index (χ4n) is 10.8. The Morgan fingerprint density at radius 3 is 2.01 bits per heavy atom. The lowest BCUT2D eigenvalue weighted by atomic mass is 9.87. The van der Waals surface area contributed by atoms with E-state index in [1.807, 2.05) is 74.8 Å². The molecule has 2 aromatic heterocycles. The fraction of sp³-hybridized carbons (Fsp3) is 0.636. The monoisotopic (exact) mass is 950 g/mol. The number of fused-ring (bicyclic) bond motifs is 2. The van der Waals surface area contributed by atoms with Gasteiger partial charge in [0.1, 0.15) is 0 Å². The van der Waals surface area contributed by atoms with Crippen molar-refractivity contribution in [2.45, 2.75) is 151 Å². The first-order valence-corrected chi connectivity index (χ1v) is 25.9. The normalized spacial score (nSPS) is 17.7. The summed E-state index contributed by atoms with van der Waals surface area (Å²) in [5, 5.41) is 6.39. The summed E-state index contributed by atoms with van der Waals surface area (Å²) in [6.07, 6.45) is 11.1. The first-order valence-electron chi connectivity index (χ1n) is 25.9. The van der Waals surface area contributed by atoms with Crippen LogP contribution in [0.2, 0.25) is 0 Å². The summed E-state index contributed by atoms with van der Waals surface area (Å²) in [4.78, 5) is 78.4. The fourth-order valence-corrected chi connectivity index (χ4v) is 10.8. The molecule has 0 unspecified atom stereocenters. The molecule has 0 saturated carbocycles. The van der Waals surface area contributed by atoms with Crippen molar-refractivity contribution in [3.63, 3.8) is 0 Å². The molecule has 3 aliphatic rings. The van der Waals surface area contributed by atoms with Gasteiger partial charge >= 0.3 is 11.9 Å². The predicted octanol–water partition coefficient (Wildman–Crippen LogP) is 8.29. The van der Waals surface area contributed by atoms with Crippen molar-refractivity contribution in [3.05, 3.63) is 75.7 Å². The second-order valence-electron chi connectivity index (χ2n) is 21.6. The summed E-state index contributed by atoms with van der Waals surface area (Å²) >= 11 is 0. The Hall–Kier alpha value is -5.08. The lowest BCUT2D eigenvalue weighted by Gasteiger charge is -2.43. The zero-order chi connectivity index (χ0) is 49.5. The second-order valence-corrected chi connectivity index (χ2v) is 21.6. The van der Waals surface area contributed by atoms with Crippen LogP contribution >= 0.6 is 0 Å². The van der Waals surface area contributed by atoms with Crippen LogP contribution in [0.15, 0.2) is 53.5 Å². The number of piperidine rings is 2. The maximum atomic E-state index is 14.7. The van der Waals surface area contributed by atoms with Gasteiger partial charge in [-0.3, -0.25) is 33.4 Å². The van der Waals surface area contributed by atoms with Gasteiger partial charge in [0.15, 0.2) is 13.5 Å². The van der Waals surface area contributed by atoms with Crippen molar-refractivity contribution >= 4 is 45.6 Å². The zero-order valence-corrected chi connectivity index (χ0v) is 42.9. The van der Waals surface area contributed by atoms with Crippen molar-refractivity contribution in [3.8, 4) is 0 Å². The van der Waals surface area contributed by atoms with Crippen LogP contribution in [0, 0.1) is 23.7 Å². The molecule has 14 nitrogen and oxygen atoms in total. The molecule has 3 saturated heterocycles. The Kier molecular flexibility index (Phi) is 17.1. The van der Waals surface area contributed by atoms with Crippen molar-refractivity contribution in [2.75, 3.05) is 59.4 Å². The molecule has 0 radical (unpaired) electrons. The number of carbonyl (C=O) groups excluding carboxylic acids is 4. The highest BCUT2D eigenvalue weighted by atomic mass is 16.5. The minimum absolute atomic E-state index is 0.0119. The lowest BCUT2D eigenvalue weighted by Crippen LogP contribution is -2.55. The van der Waals surface area contributed by atoms with Crippen LogP contribution in [0.25, 0.3) is 21.8 Å². The molecule has 2 amide bonds. The number of piperazine rings is 1. The third kappa shape index (κ3) is 12.5. The number of ether oxygens (including phenoxy) is 2. The molecule has 4 aromatic rings.